The zero-order valence-corrected chi connectivity index (χ0v) is 14.6. The molecule has 0 aliphatic heterocycles. The minimum atomic E-state index is -0.369. The van der Waals surface area contributed by atoms with E-state index in [0.29, 0.717) is 27.7 Å². The topological polar surface area (TPSA) is 90.7 Å². The van der Waals surface area contributed by atoms with E-state index in [0.717, 1.165) is 0 Å². The molecule has 7 heteroatoms. The van der Waals surface area contributed by atoms with Crippen LogP contribution in [0, 0.1) is 18.3 Å². The number of carbonyl (C=O) groups is 1. The molecule has 0 radical (unpaired) electrons. The number of nitriles is 1. The maximum atomic E-state index is 12.5. The molecule has 0 bridgehead atoms. The lowest BCUT2D eigenvalue weighted by Crippen LogP contribution is -2.15. The van der Waals surface area contributed by atoms with E-state index in [-0.39, 0.29) is 17.5 Å². The van der Waals surface area contributed by atoms with Crippen LogP contribution >= 0.6 is 11.6 Å². The van der Waals surface area contributed by atoms with E-state index in [2.05, 4.69) is 26.7 Å². The van der Waals surface area contributed by atoms with Crippen molar-refractivity contribution in [2.24, 2.45) is 0 Å². The first-order chi connectivity index (χ1) is 12.5. The van der Waals surface area contributed by atoms with E-state index in [4.69, 9.17) is 16.9 Å². The second-order valence-electron chi connectivity index (χ2n) is 5.50. The summed E-state index contributed by atoms with van der Waals surface area (Å²) in [5.74, 6) is -0.0945. The van der Waals surface area contributed by atoms with E-state index < -0.39 is 0 Å². The molecule has 128 valence electrons. The monoisotopic (exact) mass is 363 g/mol. The molecule has 26 heavy (non-hydrogen) atoms. The number of nitrogens with one attached hydrogen (secondary N) is 2. The van der Waals surface area contributed by atoms with E-state index in [1.54, 1.807) is 61.5 Å². The van der Waals surface area contributed by atoms with Gasteiger partial charge in [0.1, 0.15) is 5.69 Å². The number of aromatic nitrogens is 2. The number of nitrogens with zero attached hydrogens (tertiary/aromatic N) is 3. The van der Waals surface area contributed by atoms with Crippen LogP contribution in [0.2, 0.25) is 5.02 Å². The van der Waals surface area contributed by atoms with Gasteiger partial charge in [-0.15, -0.1) is 0 Å². The summed E-state index contributed by atoms with van der Waals surface area (Å²) in [5, 5.41) is 15.3. The van der Waals surface area contributed by atoms with Crippen LogP contribution in [0.5, 0.6) is 0 Å². The standard InChI is InChI=1S/C19H14ClN5O/c1-12-8-17(18(26)23-16-7-3-5-14(20)10-16)25-19(22-12)24-15-6-2-4-13(9-15)11-21/h2-10H,1H3,(H,23,26)(H,22,24,25). The molecule has 0 aliphatic rings. The fraction of sp³-hybridized carbons (Fsp3) is 0.0526. The van der Waals surface area contributed by atoms with Gasteiger partial charge in [0, 0.05) is 22.1 Å². The molecule has 2 aromatic carbocycles. The number of benzene rings is 2. The molecular weight excluding hydrogens is 350 g/mol. The molecule has 0 fully saturated rings. The summed E-state index contributed by atoms with van der Waals surface area (Å²) >= 11 is 5.93. The molecule has 6 nitrogen and oxygen atoms in total. The van der Waals surface area contributed by atoms with Crippen LogP contribution < -0.4 is 10.6 Å². The Labute approximate surface area is 155 Å². The second kappa shape index (κ2) is 7.64. The van der Waals surface area contributed by atoms with Crippen LogP contribution in [-0.2, 0) is 0 Å². The first kappa shape index (κ1) is 17.4. The fourth-order valence-electron chi connectivity index (χ4n) is 2.30. The lowest BCUT2D eigenvalue weighted by Gasteiger charge is -2.09. The Morgan fingerprint density at radius 2 is 1.85 bits per heavy atom. The normalized spacial score (nSPS) is 10.0. The van der Waals surface area contributed by atoms with E-state index in [1.165, 1.54) is 0 Å². The van der Waals surface area contributed by atoms with Gasteiger partial charge in [-0.05, 0) is 49.4 Å². The van der Waals surface area contributed by atoms with Gasteiger partial charge in [-0.1, -0.05) is 23.7 Å². The minimum absolute atomic E-state index is 0.219. The maximum Gasteiger partial charge on any atom is 0.274 e. The molecule has 1 aromatic heterocycles. The lowest BCUT2D eigenvalue weighted by molar-refractivity contribution is 0.102. The molecule has 3 rings (SSSR count). The highest BCUT2D eigenvalue weighted by atomic mass is 35.5. The molecule has 0 unspecified atom stereocenters. The number of anilines is 3. The van der Waals surface area contributed by atoms with Crippen molar-refractivity contribution in [2.45, 2.75) is 6.92 Å². The Morgan fingerprint density at radius 1 is 1.08 bits per heavy atom. The zero-order chi connectivity index (χ0) is 18.5. The number of rotatable bonds is 4. The van der Waals surface area contributed by atoms with Crippen LogP contribution in [0.25, 0.3) is 0 Å². The van der Waals surface area contributed by atoms with Crippen LogP contribution in [-0.4, -0.2) is 15.9 Å². The van der Waals surface area contributed by atoms with E-state index in [9.17, 15) is 4.79 Å². The van der Waals surface area contributed by atoms with Gasteiger partial charge in [0.05, 0.1) is 11.6 Å². The number of halogens is 1. The third kappa shape index (κ3) is 4.35. The smallest absolute Gasteiger partial charge is 0.274 e. The molecule has 0 saturated heterocycles. The highest BCUT2D eigenvalue weighted by Gasteiger charge is 2.11. The van der Waals surface area contributed by atoms with Gasteiger partial charge in [-0.2, -0.15) is 5.26 Å². The van der Waals surface area contributed by atoms with Crippen molar-refractivity contribution in [3.8, 4) is 6.07 Å². The van der Waals surface area contributed by atoms with Crippen molar-refractivity contribution in [1.82, 2.24) is 9.97 Å². The van der Waals surface area contributed by atoms with Crippen LogP contribution in [0.4, 0.5) is 17.3 Å². The summed E-state index contributed by atoms with van der Waals surface area (Å²) in [6.45, 7) is 1.77. The Kier molecular flexibility index (Phi) is 5.11. The summed E-state index contributed by atoms with van der Waals surface area (Å²) in [6, 6.07) is 17.5. The predicted molar refractivity (Wildman–Crippen MR) is 101 cm³/mol. The van der Waals surface area contributed by atoms with Crippen LogP contribution in [0.1, 0.15) is 21.7 Å². The quantitative estimate of drug-likeness (QED) is 0.720. The fourth-order valence-corrected chi connectivity index (χ4v) is 2.49. The van der Waals surface area contributed by atoms with Gasteiger partial charge in [0.25, 0.3) is 5.91 Å². The second-order valence-corrected chi connectivity index (χ2v) is 5.94. The largest absolute Gasteiger partial charge is 0.324 e. The first-order valence-corrected chi connectivity index (χ1v) is 8.11. The number of hydrogen-bond donors (Lipinski definition) is 2. The van der Waals surface area contributed by atoms with Gasteiger partial charge >= 0.3 is 0 Å². The molecule has 0 atom stereocenters. The Bertz CT molecular complexity index is 1010. The minimum Gasteiger partial charge on any atom is -0.324 e. The summed E-state index contributed by atoms with van der Waals surface area (Å²) in [6.07, 6.45) is 0. The average molecular weight is 364 g/mol. The lowest BCUT2D eigenvalue weighted by atomic mass is 10.2. The summed E-state index contributed by atoms with van der Waals surface area (Å²) in [7, 11) is 0. The Hall–Kier alpha value is -3.43. The number of carbonyl (C=O) groups excluding carboxylic acids is 1. The molecule has 1 heterocycles. The first-order valence-electron chi connectivity index (χ1n) is 7.73. The maximum absolute atomic E-state index is 12.5. The molecule has 2 N–H and O–H groups in total. The third-order valence-corrected chi connectivity index (χ3v) is 3.65. The van der Waals surface area contributed by atoms with Crippen molar-refractivity contribution in [1.29, 1.82) is 5.26 Å². The predicted octanol–water partition coefficient (Wildman–Crippen LogP) is 4.31. The van der Waals surface area contributed by atoms with Crippen molar-refractivity contribution < 1.29 is 4.79 Å². The van der Waals surface area contributed by atoms with E-state index >= 15 is 0 Å². The van der Waals surface area contributed by atoms with Crippen molar-refractivity contribution in [2.75, 3.05) is 10.6 Å². The Morgan fingerprint density at radius 3 is 2.62 bits per heavy atom. The van der Waals surface area contributed by atoms with Crippen LogP contribution in [0.15, 0.2) is 54.6 Å². The molecule has 1 amide bonds. The zero-order valence-electron chi connectivity index (χ0n) is 13.8. The summed E-state index contributed by atoms with van der Waals surface area (Å²) in [5.41, 5.74) is 2.61. The number of aryl methyl sites for hydroxylation is 1. The number of hydrogen-bond acceptors (Lipinski definition) is 5. The molecule has 0 spiro atoms. The van der Waals surface area contributed by atoms with Crippen LogP contribution in [0.3, 0.4) is 0 Å². The highest BCUT2D eigenvalue weighted by molar-refractivity contribution is 6.30. The van der Waals surface area contributed by atoms with Crippen molar-refractivity contribution >= 4 is 34.8 Å². The highest BCUT2D eigenvalue weighted by Crippen LogP contribution is 2.18. The van der Waals surface area contributed by atoms with Gasteiger partial charge in [-0.25, -0.2) is 9.97 Å². The Balaban J connectivity index is 1.82. The molecular formula is C19H14ClN5O. The SMILES string of the molecule is Cc1cc(C(=O)Nc2cccc(Cl)c2)nc(Nc2cccc(C#N)c2)n1. The van der Waals surface area contributed by atoms with Gasteiger partial charge in [0.15, 0.2) is 0 Å². The van der Waals surface area contributed by atoms with Crippen molar-refractivity contribution in [3.05, 3.63) is 76.6 Å². The third-order valence-electron chi connectivity index (χ3n) is 3.42. The number of amides is 1. The van der Waals surface area contributed by atoms with Gasteiger partial charge in [-0.3, -0.25) is 4.79 Å². The summed E-state index contributed by atoms with van der Waals surface area (Å²) in [4.78, 5) is 21.0. The van der Waals surface area contributed by atoms with Gasteiger partial charge < -0.3 is 10.6 Å². The molecule has 3 aromatic rings. The average Bonchev–Trinajstić information content (AvgIpc) is 2.61. The van der Waals surface area contributed by atoms with E-state index in [1.807, 2.05) is 0 Å². The molecule has 0 saturated carbocycles. The van der Waals surface area contributed by atoms with Crippen molar-refractivity contribution in [3.63, 3.8) is 0 Å². The molecule has 0 aliphatic carbocycles. The van der Waals surface area contributed by atoms with Gasteiger partial charge in [0.2, 0.25) is 5.95 Å². The summed E-state index contributed by atoms with van der Waals surface area (Å²) < 4.78 is 0.